The van der Waals surface area contributed by atoms with Gasteiger partial charge in [0.1, 0.15) is 17.2 Å². The van der Waals surface area contributed by atoms with Crippen molar-refractivity contribution in [2.45, 2.75) is 20.4 Å². The van der Waals surface area contributed by atoms with E-state index in [1.807, 2.05) is 55.0 Å². The zero-order chi connectivity index (χ0) is 25.2. The first-order chi connectivity index (χ1) is 17.5. The van der Waals surface area contributed by atoms with Gasteiger partial charge >= 0.3 is 0 Å². The Morgan fingerprint density at radius 1 is 1.14 bits per heavy atom. The van der Waals surface area contributed by atoms with E-state index in [9.17, 15) is 0 Å². The van der Waals surface area contributed by atoms with Gasteiger partial charge in [-0.2, -0.15) is 10.2 Å². The number of hydrogen-bond acceptors (Lipinski definition) is 6. The van der Waals surface area contributed by atoms with Gasteiger partial charge in [0.05, 0.1) is 17.6 Å². The van der Waals surface area contributed by atoms with Crippen molar-refractivity contribution in [2.24, 2.45) is 12.8 Å². The maximum absolute atomic E-state index is 7.74. The average molecular weight is 484 g/mol. The highest BCUT2D eigenvalue weighted by Gasteiger charge is 2.25. The topological polar surface area (TPSA) is 127 Å². The van der Waals surface area contributed by atoms with E-state index in [1.165, 1.54) is 0 Å². The zero-order valence-corrected chi connectivity index (χ0v) is 20.6. The molecule has 0 fully saturated rings. The molecule has 0 saturated heterocycles. The molecule has 5 aromatic rings. The summed E-state index contributed by atoms with van der Waals surface area (Å²) in [4.78, 5) is 14.6. The van der Waals surface area contributed by atoms with Crippen LogP contribution in [0.25, 0.3) is 33.8 Å². The average Bonchev–Trinajstić information content (AvgIpc) is 3.61. The number of aromatic nitrogens is 6. The van der Waals surface area contributed by atoms with Crippen LogP contribution in [0.1, 0.15) is 25.0 Å². The quantitative estimate of drug-likeness (QED) is 0.166. The van der Waals surface area contributed by atoms with E-state index in [-0.39, 0.29) is 5.84 Å². The Labute approximate surface area is 208 Å². The van der Waals surface area contributed by atoms with Gasteiger partial charge in [-0.1, -0.05) is 24.3 Å². The second kappa shape index (κ2) is 9.67. The summed E-state index contributed by atoms with van der Waals surface area (Å²) in [7, 11) is 1.88. The Balaban J connectivity index is 1.58. The normalized spacial score (nSPS) is 11.4. The van der Waals surface area contributed by atoms with Crippen LogP contribution in [-0.4, -0.2) is 53.5 Å². The molecule has 0 bridgehead atoms. The van der Waals surface area contributed by atoms with Crippen molar-refractivity contribution in [1.29, 1.82) is 5.41 Å². The fraction of sp³-hybridized carbons (Fsp3) is 0.231. The summed E-state index contributed by atoms with van der Waals surface area (Å²) in [6, 6.07) is 15.7. The first kappa shape index (κ1) is 23.3. The van der Waals surface area contributed by atoms with Crippen molar-refractivity contribution in [1.82, 2.24) is 34.6 Å². The molecule has 0 spiro atoms. The molecule has 10 heteroatoms. The number of amidine groups is 1. The highest BCUT2D eigenvalue weighted by atomic mass is 16.7. The number of hydroxylamine groups is 2. The third kappa shape index (κ3) is 4.46. The second-order valence-corrected chi connectivity index (χ2v) is 8.49. The van der Waals surface area contributed by atoms with Crippen molar-refractivity contribution in [3.8, 4) is 28.5 Å². The van der Waals surface area contributed by atoms with Gasteiger partial charge in [0.25, 0.3) is 0 Å². The Morgan fingerprint density at radius 2 is 1.92 bits per heavy atom. The van der Waals surface area contributed by atoms with Gasteiger partial charge in [-0.15, -0.1) is 5.06 Å². The van der Waals surface area contributed by atoms with Gasteiger partial charge in [0, 0.05) is 43.7 Å². The highest BCUT2D eigenvalue weighted by Crippen LogP contribution is 2.39. The van der Waals surface area contributed by atoms with Gasteiger partial charge in [-0.3, -0.25) is 14.8 Å². The number of aromatic amines is 1. The van der Waals surface area contributed by atoms with Gasteiger partial charge in [0.15, 0.2) is 5.82 Å². The van der Waals surface area contributed by atoms with Gasteiger partial charge in [0.2, 0.25) is 5.75 Å². The van der Waals surface area contributed by atoms with Crippen LogP contribution in [-0.2, 0) is 13.6 Å². The molecule has 5 rings (SSSR count). The number of nitrogens with one attached hydrogen (secondary N) is 2. The van der Waals surface area contributed by atoms with Crippen LogP contribution in [0.15, 0.2) is 60.9 Å². The van der Waals surface area contributed by atoms with Crippen LogP contribution in [0.4, 0.5) is 0 Å². The van der Waals surface area contributed by atoms with Gasteiger partial charge in [-0.05, 0) is 43.7 Å². The van der Waals surface area contributed by atoms with Gasteiger partial charge < -0.3 is 15.6 Å². The minimum atomic E-state index is 0.0115. The lowest BCUT2D eigenvalue weighted by Crippen LogP contribution is -2.27. The SMILES string of the molecule is CCN(CC)Oc1c(-c2ccc(Cn3cccn3)cc2)nn(C)c1-c1nc2ccc(C(=N)N)cc2[nH]1. The van der Waals surface area contributed by atoms with Crippen molar-refractivity contribution in [3.05, 3.63) is 72.1 Å². The molecule has 184 valence electrons. The minimum Gasteiger partial charge on any atom is -0.401 e. The number of benzene rings is 2. The van der Waals surface area contributed by atoms with E-state index in [1.54, 1.807) is 16.9 Å². The molecular formula is C26H29N9O. The number of H-pyrrole nitrogens is 1. The summed E-state index contributed by atoms with van der Waals surface area (Å²) in [5, 5.41) is 18.7. The summed E-state index contributed by atoms with van der Waals surface area (Å²) < 4.78 is 3.68. The third-order valence-electron chi connectivity index (χ3n) is 6.08. The zero-order valence-electron chi connectivity index (χ0n) is 20.6. The molecule has 3 heterocycles. The monoisotopic (exact) mass is 483 g/mol. The lowest BCUT2D eigenvalue weighted by molar-refractivity contribution is -0.0476. The molecule has 2 aromatic carbocycles. The van der Waals surface area contributed by atoms with Crippen LogP contribution < -0.4 is 10.6 Å². The van der Waals surface area contributed by atoms with E-state index in [2.05, 4.69) is 34.3 Å². The Hall–Kier alpha value is -4.44. The molecule has 0 aliphatic rings. The molecule has 3 aromatic heterocycles. The molecule has 0 atom stereocenters. The van der Waals surface area contributed by atoms with Crippen molar-refractivity contribution < 1.29 is 4.84 Å². The smallest absolute Gasteiger partial charge is 0.204 e. The lowest BCUT2D eigenvalue weighted by atomic mass is 10.1. The largest absolute Gasteiger partial charge is 0.401 e. The molecule has 4 N–H and O–H groups in total. The fourth-order valence-corrected chi connectivity index (χ4v) is 4.16. The summed E-state index contributed by atoms with van der Waals surface area (Å²) in [6.07, 6.45) is 3.72. The number of hydrogen-bond donors (Lipinski definition) is 3. The van der Waals surface area contributed by atoms with Crippen molar-refractivity contribution in [2.75, 3.05) is 13.1 Å². The molecule has 0 saturated carbocycles. The minimum absolute atomic E-state index is 0.0115. The van der Waals surface area contributed by atoms with E-state index in [4.69, 9.17) is 26.1 Å². The molecule has 36 heavy (non-hydrogen) atoms. The van der Waals surface area contributed by atoms with E-state index in [0.29, 0.717) is 23.7 Å². The summed E-state index contributed by atoms with van der Waals surface area (Å²) in [6.45, 7) is 6.23. The molecule has 0 amide bonds. The first-order valence-electron chi connectivity index (χ1n) is 11.9. The van der Waals surface area contributed by atoms with Crippen LogP contribution >= 0.6 is 0 Å². The Morgan fingerprint density at radius 3 is 2.58 bits per heavy atom. The maximum atomic E-state index is 7.74. The van der Waals surface area contributed by atoms with Gasteiger partial charge in [-0.25, -0.2) is 4.98 Å². The van der Waals surface area contributed by atoms with E-state index in [0.717, 1.165) is 46.6 Å². The second-order valence-electron chi connectivity index (χ2n) is 8.49. The molecule has 0 aliphatic heterocycles. The molecule has 0 radical (unpaired) electrons. The molecule has 0 aliphatic carbocycles. The first-order valence-corrected chi connectivity index (χ1v) is 11.9. The number of fused-ring (bicyclic) bond motifs is 1. The maximum Gasteiger partial charge on any atom is 0.204 e. The Bertz CT molecular complexity index is 1490. The van der Waals surface area contributed by atoms with Crippen LogP contribution in [0.2, 0.25) is 0 Å². The Kier molecular flexibility index (Phi) is 6.26. The van der Waals surface area contributed by atoms with Crippen LogP contribution in [0, 0.1) is 5.41 Å². The van der Waals surface area contributed by atoms with E-state index < -0.39 is 0 Å². The number of nitrogens with zero attached hydrogens (tertiary/aromatic N) is 6. The van der Waals surface area contributed by atoms with Crippen LogP contribution in [0.3, 0.4) is 0 Å². The number of nitrogen functional groups attached to an aromatic ring is 1. The number of rotatable bonds is 9. The molecule has 10 nitrogen and oxygen atoms in total. The molecular weight excluding hydrogens is 454 g/mol. The van der Waals surface area contributed by atoms with E-state index >= 15 is 0 Å². The standard InChI is InChI=1S/C26H29N9O/c1-4-35(5-2)36-24-22(18-9-7-17(8-10-18)16-34-14-6-13-29-34)32-33(3)23(24)26-30-20-12-11-19(25(27)28)15-21(20)31-26/h6-15H,4-5,16H2,1-3H3,(H3,27,28)(H,30,31). The summed E-state index contributed by atoms with van der Waals surface area (Å²) >= 11 is 0. The predicted octanol–water partition coefficient (Wildman–Crippen LogP) is 3.79. The van der Waals surface area contributed by atoms with Crippen LogP contribution in [0.5, 0.6) is 5.75 Å². The summed E-state index contributed by atoms with van der Waals surface area (Å²) in [5.74, 6) is 1.27. The predicted molar refractivity (Wildman–Crippen MR) is 140 cm³/mol. The fourth-order valence-electron chi connectivity index (χ4n) is 4.16. The van der Waals surface area contributed by atoms with Crippen molar-refractivity contribution in [3.63, 3.8) is 0 Å². The van der Waals surface area contributed by atoms with Crippen molar-refractivity contribution >= 4 is 16.9 Å². The lowest BCUT2D eigenvalue weighted by Gasteiger charge is -2.19. The number of aryl methyl sites for hydroxylation is 1. The number of nitrogens with two attached hydrogens (primary N) is 1. The highest BCUT2D eigenvalue weighted by molar-refractivity contribution is 5.98. The number of imidazole rings is 1. The molecule has 0 unspecified atom stereocenters. The third-order valence-corrected chi connectivity index (χ3v) is 6.08. The summed E-state index contributed by atoms with van der Waals surface area (Å²) in [5.41, 5.74) is 11.4.